The van der Waals surface area contributed by atoms with Crippen molar-refractivity contribution in [1.82, 2.24) is 30.0 Å². The summed E-state index contributed by atoms with van der Waals surface area (Å²) >= 11 is 0. The lowest BCUT2D eigenvalue weighted by Gasteiger charge is -2.39. The third-order valence-electron chi connectivity index (χ3n) is 5.66. The highest BCUT2D eigenvalue weighted by Crippen LogP contribution is 2.10. The number of hydrogen-bond acceptors (Lipinski definition) is 6. The van der Waals surface area contributed by atoms with Crippen LogP contribution in [0.4, 0.5) is 5.95 Å². The van der Waals surface area contributed by atoms with Crippen molar-refractivity contribution in [2.45, 2.75) is 19.9 Å². The highest BCUT2D eigenvalue weighted by Gasteiger charge is 2.23. The first kappa shape index (κ1) is 19.8. The average Bonchev–Trinajstić information content (AvgIpc) is 2.75. The largest absolute Gasteiger partial charge is 0.355 e. The van der Waals surface area contributed by atoms with E-state index in [1.807, 2.05) is 13.1 Å². The van der Waals surface area contributed by atoms with E-state index in [0.29, 0.717) is 6.04 Å². The summed E-state index contributed by atoms with van der Waals surface area (Å²) in [6, 6.07) is 2.37. The molecule has 2 saturated heterocycles. The lowest BCUT2D eigenvalue weighted by Crippen LogP contribution is -2.56. The number of piperazine rings is 2. The van der Waals surface area contributed by atoms with Crippen LogP contribution in [0.15, 0.2) is 23.5 Å². The molecule has 2 aliphatic heterocycles. The molecule has 0 aliphatic carbocycles. The van der Waals surface area contributed by atoms with E-state index in [4.69, 9.17) is 0 Å². The Labute approximate surface area is 163 Å². The van der Waals surface area contributed by atoms with Crippen molar-refractivity contribution in [3.63, 3.8) is 0 Å². The Bertz CT molecular complexity index is 577. The molecule has 8 nitrogen and oxygen atoms in total. The zero-order valence-corrected chi connectivity index (χ0v) is 17.0. The van der Waals surface area contributed by atoms with Gasteiger partial charge in [-0.2, -0.15) is 0 Å². The zero-order chi connectivity index (χ0) is 19.1. The Hall–Kier alpha value is -1.93. The van der Waals surface area contributed by atoms with E-state index in [1.165, 1.54) is 13.1 Å². The quantitative estimate of drug-likeness (QED) is 0.583. The van der Waals surface area contributed by atoms with Gasteiger partial charge in [-0.25, -0.2) is 9.97 Å². The molecule has 8 heteroatoms. The summed E-state index contributed by atoms with van der Waals surface area (Å²) < 4.78 is 0. The fourth-order valence-electron chi connectivity index (χ4n) is 3.79. The molecular formula is C19H34N8. The summed E-state index contributed by atoms with van der Waals surface area (Å²) in [7, 11) is 1.87. The Kier molecular flexibility index (Phi) is 7.23. The Morgan fingerprint density at radius 1 is 1.07 bits per heavy atom. The van der Waals surface area contributed by atoms with Crippen LogP contribution in [0.25, 0.3) is 0 Å². The van der Waals surface area contributed by atoms with Gasteiger partial charge in [0.25, 0.3) is 0 Å². The second-order valence-electron chi connectivity index (χ2n) is 7.27. The van der Waals surface area contributed by atoms with Gasteiger partial charge in [-0.1, -0.05) is 6.92 Å². The number of anilines is 1. The molecule has 0 amide bonds. The monoisotopic (exact) mass is 374 g/mol. The minimum atomic E-state index is 0.514. The van der Waals surface area contributed by atoms with E-state index in [0.717, 1.165) is 64.3 Å². The predicted octanol–water partition coefficient (Wildman–Crippen LogP) is 0.200. The minimum absolute atomic E-state index is 0.514. The summed E-state index contributed by atoms with van der Waals surface area (Å²) in [5, 5.41) is 3.59. The molecule has 27 heavy (non-hydrogen) atoms. The van der Waals surface area contributed by atoms with Crippen LogP contribution in [0, 0.1) is 0 Å². The maximum absolute atomic E-state index is 4.51. The molecule has 0 spiro atoms. The molecule has 0 saturated carbocycles. The summed E-state index contributed by atoms with van der Waals surface area (Å²) in [6.07, 6.45) is 3.60. The second-order valence-corrected chi connectivity index (χ2v) is 7.27. The number of nitrogens with zero attached hydrogens (tertiary/aromatic N) is 7. The van der Waals surface area contributed by atoms with Gasteiger partial charge in [0.2, 0.25) is 5.95 Å². The van der Waals surface area contributed by atoms with E-state index < -0.39 is 0 Å². The molecule has 1 unspecified atom stereocenters. The third kappa shape index (κ3) is 5.29. The smallest absolute Gasteiger partial charge is 0.225 e. The molecule has 0 aromatic carbocycles. The van der Waals surface area contributed by atoms with Crippen molar-refractivity contribution in [2.24, 2.45) is 4.99 Å². The number of aliphatic imine (C=N–C) groups is 1. The number of likely N-dealkylation sites (N-methyl/N-ethyl adjacent to an activating group) is 1. The Morgan fingerprint density at radius 2 is 1.74 bits per heavy atom. The topological polar surface area (TPSA) is 63.1 Å². The Balaban J connectivity index is 1.43. The van der Waals surface area contributed by atoms with Gasteiger partial charge in [0.1, 0.15) is 0 Å². The molecule has 150 valence electrons. The van der Waals surface area contributed by atoms with E-state index in [1.54, 1.807) is 12.4 Å². The van der Waals surface area contributed by atoms with Crippen LogP contribution in [-0.4, -0.2) is 109 Å². The minimum Gasteiger partial charge on any atom is -0.355 e. The first-order valence-corrected chi connectivity index (χ1v) is 10.1. The summed E-state index contributed by atoms with van der Waals surface area (Å²) in [4.78, 5) is 22.9. The molecule has 1 atom stereocenters. The molecule has 3 rings (SSSR count). The van der Waals surface area contributed by atoms with Gasteiger partial charge < -0.3 is 20.0 Å². The molecule has 2 fully saturated rings. The van der Waals surface area contributed by atoms with Gasteiger partial charge in [-0.05, 0) is 19.5 Å². The number of nitrogens with one attached hydrogen (secondary N) is 1. The maximum Gasteiger partial charge on any atom is 0.225 e. The molecule has 0 radical (unpaired) electrons. The van der Waals surface area contributed by atoms with E-state index >= 15 is 0 Å². The van der Waals surface area contributed by atoms with E-state index in [9.17, 15) is 0 Å². The average molecular weight is 375 g/mol. The van der Waals surface area contributed by atoms with Gasteiger partial charge in [0.05, 0.1) is 0 Å². The van der Waals surface area contributed by atoms with Gasteiger partial charge in [-0.3, -0.25) is 9.89 Å². The highest BCUT2D eigenvalue weighted by molar-refractivity contribution is 5.80. The van der Waals surface area contributed by atoms with Crippen molar-refractivity contribution in [2.75, 3.05) is 77.4 Å². The molecule has 3 heterocycles. The van der Waals surface area contributed by atoms with Gasteiger partial charge in [0.15, 0.2) is 5.96 Å². The molecule has 1 aromatic rings. The highest BCUT2D eigenvalue weighted by atomic mass is 15.4. The van der Waals surface area contributed by atoms with Crippen molar-refractivity contribution in [3.05, 3.63) is 18.5 Å². The van der Waals surface area contributed by atoms with Crippen LogP contribution >= 0.6 is 0 Å². The SMILES string of the molecule is CCN1CCN(C(C)CNC(=NC)N2CCN(c3ncccn3)CC2)CC1. The van der Waals surface area contributed by atoms with Crippen LogP contribution < -0.4 is 10.2 Å². The fourth-order valence-corrected chi connectivity index (χ4v) is 3.79. The summed E-state index contributed by atoms with van der Waals surface area (Å²) in [5.74, 6) is 1.82. The first-order chi connectivity index (χ1) is 13.2. The molecular weight excluding hydrogens is 340 g/mol. The lowest BCUT2D eigenvalue weighted by molar-refractivity contribution is 0.107. The number of aromatic nitrogens is 2. The van der Waals surface area contributed by atoms with Crippen molar-refractivity contribution in [3.8, 4) is 0 Å². The van der Waals surface area contributed by atoms with Crippen molar-refractivity contribution in [1.29, 1.82) is 0 Å². The molecule has 0 bridgehead atoms. The Morgan fingerprint density at radius 3 is 2.33 bits per heavy atom. The van der Waals surface area contributed by atoms with Crippen LogP contribution in [0.2, 0.25) is 0 Å². The number of guanidine groups is 1. The normalized spacial score (nSPS) is 21.4. The van der Waals surface area contributed by atoms with Crippen LogP contribution in [0.1, 0.15) is 13.8 Å². The van der Waals surface area contributed by atoms with Crippen LogP contribution in [-0.2, 0) is 0 Å². The number of rotatable bonds is 5. The van der Waals surface area contributed by atoms with Gasteiger partial charge in [-0.15, -0.1) is 0 Å². The van der Waals surface area contributed by atoms with Crippen molar-refractivity contribution >= 4 is 11.9 Å². The number of hydrogen-bond donors (Lipinski definition) is 1. The fraction of sp³-hybridized carbons (Fsp3) is 0.737. The predicted molar refractivity (Wildman–Crippen MR) is 110 cm³/mol. The summed E-state index contributed by atoms with van der Waals surface area (Å²) in [6.45, 7) is 15.0. The van der Waals surface area contributed by atoms with Crippen LogP contribution in [0.3, 0.4) is 0 Å². The molecule has 1 aromatic heterocycles. The first-order valence-electron chi connectivity index (χ1n) is 10.1. The maximum atomic E-state index is 4.51. The molecule has 1 N–H and O–H groups in total. The third-order valence-corrected chi connectivity index (χ3v) is 5.66. The van der Waals surface area contributed by atoms with E-state index in [-0.39, 0.29) is 0 Å². The van der Waals surface area contributed by atoms with Gasteiger partial charge >= 0.3 is 0 Å². The zero-order valence-electron chi connectivity index (χ0n) is 17.0. The summed E-state index contributed by atoms with van der Waals surface area (Å²) in [5.41, 5.74) is 0. The van der Waals surface area contributed by atoms with Crippen LogP contribution in [0.5, 0.6) is 0 Å². The standard InChI is InChI=1S/C19H34N8/c1-4-24-8-10-25(11-9-24)17(2)16-23-18(20-3)26-12-14-27(15-13-26)19-21-6-5-7-22-19/h5-7,17H,4,8-16H2,1-3H3,(H,20,23). The van der Waals surface area contributed by atoms with E-state index in [2.05, 4.69) is 53.7 Å². The molecule has 2 aliphatic rings. The van der Waals surface area contributed by atoms with Gasteiger partial charge in [0, 0.05) is 84.4 Å². The van der Waals surface area contributed by atoms with Crippen molar-refractivity contribution < 1.29 is 0 Å². The lowest BCUT2D eigenvalue weighted by atomic mass is 10.2. The second kappa shape index (κ2) is 9.85.